The van der Waals surface area contributed by atoms with Crippen LogP contribution in [-0.4, -0.2) is 17.0 Å². The first kappa shape index (κ1) is 16.0. The van der Waals surface area contributed by atoms with E-state index in [0.717, 1.165) is 22.8 Å². The Labute approximate surface area is 143 Å². The predicted molar refractivity (Wildman–Crippen MR) is 99.9 cm³/mol. The summed E-state index contributed by atoms with van der Waals surface area (Å²) in [6, 6.07) is 16.5. The molecule has 0 aliphatic heterocycles. The van der Waals surface area contributed by atoms with E-state index in [1.807, 2.05) is 24.3 Å². The lowest BCUT2D eigenvalue weighted by atomic mass is 10.0. The SMILES string of the molecule is Cc1ccc(C(C)N(C)c2nccnc2-c2ccc(N)cc2)cc1. The summed E-state index contributed by atoms with van der Waals surface area (Å²) in [5, 5.41) is 0. The quantitative estimate of drug-likeness (QED) is 0.731. The van der Waals surface area contributed by atoms with Gasteiger partial charge in [-0.05, 0) is 31.5 Å². The summed E-state index contributed by atoms with van der Waals surface area (Å²) < 4.78 is 0. The van der Waals surface area contributed by atoms with E-state index < -0.39 is 0 Å². The number of aryl methyl sites for hydroxylation is 1. The highest BCUT2D eigenvalue weighted by atomic mass is 15.2. The third kappa shape index (κ3) is 3.23. The lowest BCUT2D eigenvalue weighted by Gasteiger charge is -2.27. The molecular formula is C20H22N4. The molecule has 0 amide bonds. The van der Waals surface area contributed by atoms with Crippen LogP contribution in [0.15, 0.2) is 60.9 Å². The number of nitrogens with two attached hydrogens (primary N) is 1. The molecule has 0 aliphatic carbocycles. The summed E-state index contributed by atoms with van der Waals surface area (Å²) in [5.74, 6) is 0.857. The number of anilines is 2. The second-order valence-corrected chi connectivity index (χ2v) is 6.05. The van der Waals surface area contributed by atoms with Crippen LogP contribution in [0.25, 0.3) is 11.3 Å². The fraction of sp³-hybridized carbons (Fsp3) is 0.200. The highest BCUT2D eigenvalue weighted by Gasteiger charge is 2.18. The maximum Gasteiger partial charge on any atom is 0.155 e. The number of hydrogen-bond donors (Lipinski definition) is 1. The van der Waals surface area contributed by atoms with Crippen molar-refractivity contribution >= 4 is 11.5 Å². The molecule has 1 aromatic heterocycles. The fourth-order valence-electron chi connectivity index (χ4n) is 2.69. The van der Waals surface area contributed by atoms with Gasteiger partial charge in [-0.1, -0.05) is 42.0 Å². The monoisotopic (exact) mass is 318 g/mol. The van der Waals surface area contributed by atoms with Gasteiger partial charge in [-0.2, -0.15) is 0 Å². The van der Waals surface area contributed by atoms with Crippen LogP contribution in [0.2, 0.25) is 0 Å². The Balaban J connectivity index is 1.96. The minimum absolute atomic E-state index is 0.190. The van der Waals surface area contributed by atoms with Crippen LogP contribution in [0.1, 0.15) is 24.1 Å². The molecule has 4 nitrogen and oxygen atoms in total. The molecule has 2 aromatic carbocycles. The molecule has 0 spiro atoms. The third-order valence-electron chi connectivity index (χ3n) is 4.34. The van der Waals surface area contributed by atoms with Crippen LogP contribution in [0.3, 0.4) is 0 Å². The first-order valence-corrected chi connectivity index (χ1v) is 8.02. The van der Waals surface area contributed by atoms with Crippen LogP contribution in [0.5, 0.6) is 0 Å². The molecule has 0 radical (unpaired) electrons. The molecule has 1 heterocycles. The highest BCUT2D eigenvalue weighted by molar-refractivity contribution is 5.73. The van der Waals surface area contributed by atoms with E-state index >= 15 is 0 Å². The van der Waals surface area contributed by atoms with E-state index in [1.165, 1.54) is 11.1 Å². The van der Waals surface area contributed by atoms with Crippen molar-refractivity contribution < 1.29 is 0 Å². The van der Waals surface area contributed by atoms with E-state index in [0.29, 0.717) is 0 Å². The van der Waals surface area contributed by atoms with Gasteiger partial charge < -0.3 is 10.6 Å². The normalized spacial score (nSPS) is 12.0. The standard InChI is InChI=1S/C20H22N4/c1-14-4-6-16(7-5-14)15(2)24(3)20-19(22-12-13-23-20)17-8-10-18(21)11-9-17/h4-13,15H,21H2,1-3H3. The molecule has 0 fully saturated rings. The third-order valence-corrected chi connectivity index (χ3v) is 4.34. The largest absolute Gasteiger partial charge is 0.399 e. The maximum absolute atomic E-state index is 5.79. The Morgan fingerprint density at radius 3 is 2.21 bits per heavy atom. The van der Waals surface area contributed by atoms with Crippen LogP contribution >= 0.6 is 0 Å². The maximum atomic E-state index is 5.79. The van der Waals surface area contributed by atoms with Crippen molar-refractivity contribution in [2.75, 3.05) is 17.7 Å². The van der Waals surface area contributed by atoms with Gasteiger partial charge in [-0.15, -0.1) is 0 Å². The van der Waals surface area contributed by atoms with Crippen molar-refractivity contribution in [3.8, 4) is 11.3 Å². The fourth-order valence-corrected chi connectivity index (χ4v) is 2.69. The molecule has 2 N–H and O–H groups in total. The van der Waals surface area contributed by atoms with Crippen molar-refractivity contribution in [2.24, 2.45) is 0 Å². The average Bonchev–Trinajstić information content (AvgIpc) is 2.62. The molecule has 0 bridgehead atoms. The Bertz CT molecular complexity index is 810. The molecule has 3 rings (SSSR count). The Morgan fingerprint density at radius 1 is 0.917 bits per heavy atom. The van der Waals surface area contributed by atoms with Gasteiger partial charge in [0.05, 0.1) is 6.04 Å². The van der Waals surface area contributed by atoms with Crippen LogP contribution in [0, 0.1) is 6.92 Å². The molecule has 1 unspecified atom stereocenters. The van der Waals surface area contributed by atoms with E-state index in [9.17, 15) is 0 Å². The summed E-state index contributed by atoms with van der Waals surface area (Å²) in [4.78, 5) is 11.3. The molecular weight excluding hydrogens is 296 g/mol. The van der Waals surface area contributed by atoms with Crippen LogP contribution in [0.4, 0.5) is 11.5 Å². The van der Waals surface area contributed by atoms with Crippen LogP contribution < -0.4 is 10.6 Å². The summed E-state index contributed by atoms with van der Waals surface area (Å²) in [5.41, 5.74) is 10.9. The van der Waals surface area contributed by atoms with Crippen LogP contribution in [-0.2, 0) is 0 Å². The van der Waals surface area contributed by atoms with Crippen molar-refractivity contribution in [3.05, 3.63) is 72.1 Å². The Kier molecular flexibility index (Phi) is 4.47. The zero-order valence-corrected chi connectivity index (χ0v) is 14.3. The molecule has 3 aromatic rings. The van der Waals surface area contributed by atoms with E-state index in [4.69, 9.17) is 5.73 Å². The first-order valence-electron chi connectivity index (χ1n) is 8.02. The van der Waals surface area contributed by atoms with E-state index in [-0.39, 0.29) is 6.04 Å². The number of benzene rings is 2. The van der Waals surface area contributed by atoms with Crippen molar-refractivity contribution in [2.45, 2.75) is 19.9 Å². The topological polar surface area (TPSA) is 55.0 Å². The zero-order valence-electron chi connectivity index (χ0n) is 14.3. The lowest BCUT2D eigenvalue weighted by Crippen LogP contribution is -2.23. The van der Waals surface area contributed by atoms with Gasteiger partial charge in [0, 0.05) is 30.7 Å². The van der Waals surface area contributed by atoms with Crippen molar-refractivity contribution in [1.29, 1.82) is 0 Å². The number of nitrogen functional groups attached to an aromatic ring is 1. The van der Waals surface area contributed by atoms with Gasteiger partial charge in [0.2, 0.25) is 0 Å². The van der Waals surface area contributed by atoms with Gasteiger partial charge in [-0.25, -0.2) is 4.98 Å². The van der Waals surface area contributed by atoms with Gasteiger partial charge in [-0.3, -0.25) is 4.98 Å². The molecule has 4 heteroatoms. The van der Waals surface area contributed by atoms with Gasteiger partial charge in [0.15, 0.2) is 5.82 Å². The highest BCUT2D eigenvalue weighted by Crippen LogP contribution is 2.31. The summed E-state index contributed by atoms with van der Waals surface area (Å²) in [7, 11) is 2.05. The lowest BCUT2D eigenvalue weighted by molar-refractivity contribution is 0.727. The van der Waals surface area contributed by atoms with Gasteiger partial charge >= 0.3 is 0 Å². The summed E-state index contributed by atoms with van der Waals surface area (Å²) in [6.07, 6.45) is 3.45. The number of aromatic nitrogens is 2. The second-order valence-electron chi connectivity index (χ2n) is 6.05. The smallest absolute Gasteiger partial charge is 0.155 e. The molecule has 1 atom stereocenters. The minimum Gasteiger partial charge on any atom is -0.399 e. The van der Waals surface area contributed by atoms with Gasteiger partial charge in [0.1, 0.15) is 5.69 Å². The first-order chi connectivity index (χ1) is 11.6. The molecule has 0 saturated carbocycles. The van der Waals surface area contributed by atoms with Crippen molar-refractivity contribution in [3.63, 3.8) is 0 Å². The summed E-state index contributed by atoms with van der Waals surface area (Å²) >= 11 is 0. The second kappa shape index (κ2) is 6.71. The summed E-state index contributed by atoms with van der Waals surface area (Å²) in [6.45, 7) is 4.27. The number of nitrogens with zero attached hydrogens (tertiary/aromatic N) is 3. The van der Waals surface area contributed by atoms with Crippen molar-refractivity contribution in [1.82, 2.24) is 9.97 Å². The predicted octanol–water partition coefficient (Wildman–Crippen LogP) is 4.23. The minimum atomic E-state index is 0.190. The zero-order chi connectivity index (χ0) is 17.1. The Morgan fingerprint density at radius 2 is 1.54 bits per heavy atom. The van der Waals surface area contributed by atoms with Gasteiger partial charge in [0.25, 0.3) is 0 Å². The molecule has 0 saturated heterocycles. The van der Waals surface area contributed by atoms with E-state index in [1.54, 1.807) is 12.4 Å². The number of rotatable bonds is 4. The number of hydrogen-bond acceptors (Lipinski definition) is 4. The van der Waals surface area contributed by atoms with E-state index in [2.05, 4.69) is 60.0 Å². The molecule has 0 aliphatic rings. The Hall–Kier alpha value is -2.88. The molecule has 24 heavy (non-hydrogen) atoms. The molecule has 122 valence electrons. The average molecular weight is 318 g/mol.